The summed E-state index contributed by atoms with van der Waals surface area (Å²) in [5, 5.41) is 14.6. The third kappa shape index (κ3) is 5.55. The number of nitrogens with zero attached hydrogens (tertiary/aromatic N) is 3. The molecule has 13 heteroatoms. The molecule has 37 heavy (non-hydrogen) atoms. The van der Waals surface area contributed by atoms with E-state index in [4.69, 9.17) is 21.1 Å². The molecule has 2 N–H and O–H groups in total. The van der Waals surface area contributed by atoms with Gasteiger partial charge in [0.25, 0.3) is 10.0 Å². The van der Waals surface area contributed by atoms with Crippen LogP contribution in [0, 0.1) is 5.92 Å². The molecule has 0 radical (unpaired) electrons. The van der Waals surface area contributed by atoms with E-state index in [1.165, 1.54) is 47.0 Å². The van der Waals surface area contributed by atoms with Crippen LogP contribution in [0.5, 0.6) is 11.5 Å². The number of amides is 1. The topological polar surface area (TPSA) is 121 Å². The highest BCUT2D eigenvalue weighted by Crippen LogP contribution is 2.37. The largest absolute Gasteiger partial charge is 0.497 e. The Morgan fingerprint density at radius 2 is 2.05 bits per heavy atom. The average molecular weight is 567 g/mol. The molecular formula is C24H27ClN4O6S2. The third-order valence-corrected chi connectivity index (χ3v) is 9.40. The van der Waals surface area contributed by atoms with Crippen LogP contribution in [0.25, 0.3) is 0 Å². The maximum atomic E-state index is 14.0. The van der Waals surface area contributed by atoms with Gasteiger partial charge in [0.2, 0.25) is 0 Å². The van der Waals surface area contributed by atoms with E-state index in [1.807, 2.05) is 6.92 Å². The normalized spacial score (nSPS) is 17.5. The molecule has 1 fully saturated rings. The van der Waals surface area contributed by atoms with Crippen LogP contribution in [0.1, 0.15) is 12.5 Å². The monoisotopic (exact) mass is 566 g/mol. The summed E-state index contributed by atoms with van der Waals surface area (Å²) in [5.41, 5.74) is 1.02. The number of nitrogens with one attached hydrogen (secondary N) is 1. The van der Waals surface area contributed by atoms with E-state index in [0.717, 1.165) is 0 Å². The van der Waals surface area contributed by atoms with E-state index in [1.54, 1.807) is 35.7 Å². The number of carboxylic acid groups (broad SMARTS) is 1. The number of halogens is 1. The number of thiazole rings is 1. The Labute approximate surface area is 224 Å². The zero-order chi connectivity index (χ0) is 26.7. The molecule has 1 aromatic heterocycles. The van der Waals surface area contributed by atoms with E-state index in [-0.39, 0.29) is 40.1 Å². The number of carbonyl (C=O) groups is 1. The van der Waals surface area contributed by atoms with Gasteiger partial charge >= 0.3 is 6.09 Å². The number of likely N-dealkylation sites (tertiary alicyclic amines) is 1. The van der Waals surface area contributed by atoms with Gasteiger partial charge in [-0.05, 0) is 30.2 Å². The Balaban J connectivity index is 1.69. The Kier molecular flexibility index (Phi) is 8.00. The summed E-state index contributed by atoms with van der Waals surface area (Å²) in [6.45, 7) is 2.53. The fourth-order valence-electron chi connectivity index (χ4n) is 4.18. The van der Waals surface area contributed by atoms with Crippen molar-refractivity contribution in [1.82, 2.24) is 9.88 Å². The van der Waals surface area contributed by atoms with Gasteiger partial charge in [0.1, 0.15) is 16.4 Å². The SMILES string of the molecule is COc1ccc(CN(c2nccs2)S(=O)(=O)c2cccc(N[C@H]3CN(C(=O)O)C[C@@H]3C)c2Cl)c(OC)c1. The van der Waals surface area contributed by atoms with Crippen LogP contribution < -0.4 is 19.1 Å². The highest BCUT2D eigenvalue weighted by molar-refractivity contribution is 7.93. The Hall–Kier alpha value is -3.22. The first-order valence-electron chi connectivity index (χ1n) is 11.3. The van der Waals surface area contributed by atoms with Crippen LogP contribution >= 0.6 is 22.9 Å². The van der Waals surface area contributed by atoms with Gasteiger partial charge in [-0.3, -0.25) is 0 Å². The van der Waals surface area contributed by atoms with E-state index >= 15 is 0 Å². The Morgan fingerprint density at radius 3 is 2.68 bits per heavy atom. The lowest BCUT2D eigenvalue weighted by Gasteiger charge is -2.25. The summed E-state index contributed by atoms with van der Waals surface area (Å²) in [4.78, 5) is 16.9. The average Bonchev–Trinajstić information content (AvgIpc) is 3.53. The maximum Gasteiger partial charge on any atom is 0.407 e. The molecule has 1 saturated heterocycles. The highest BCUT2D eigenvalue weighted by Gasteiger charge is 2.34. The third-order valence-electron chi connectivity index (χ3n) is 6.20. The number of hydrogen-bond acceptors (Lipinski definition) is 8. The number of methoxy groups -OCH3 is 2. The summed E-state index contributed by atoms with van der Waals surface area (Å²) in [6.07, 6.45) is 0.537. The first-order valence-corrected chi connectivity index (χ1v) is 14.0. The number of hydrogen-bond donors (Lipinski definition) is 2. The minimum absolute atomic E-state index is 0.0155. The molecule has 198 valence electrons. The number of aromatic nitrogens is 1. The lowest BCUT2D eigenvalue weighted by atomic mass is 10.1. The van der Waals surface area contributed by atoms with E-state index < -0.39 is 16.1 Å². The fourth-order valence-corrected chi connectivity index (χ4v) is 7.01. The summed E-state index contributed by atoms with van der Waals surface area (Å²) in [5.74, 6) is 1.06. The zero-order valence-electron chi connectivity index (χ0n) is 20.4. The van der Waals surface area contributed by atoms with Gasteiger partial charge < -0.3 is 24.8 Å². The molecule has 1 aliphatic heterocycles. The maximum absolute atomic E-state index is 14.0. The molecule has 0 saturated carbocycles. The van der Waals surface area contributed by atoms with Crippen molar-refractivity contribution < 1.29 is 27.8 Å². The first-order chi connectivity index (χ1) is 17.6. The van der Waals surface area contributed by atoms with Gasteiger partial charge in [0.15, 0.2) is 5.13 Å². The van der Waals surface area contributed by atoms with Crippen molar-refractivity contribution >= 4 is 49.9 Å². The van der Waals surface area contributed by atoms with E-state index in [2.05, 4.69) is 10.3 Å². The van der Waals surface area contributed by atoms with Gasteiger partial charge in [-0.15, -0.1) is 11.3 Å². The van der Waals surface area contributed by atoms with Crippen LogP contribution in [-0.2, 0) is 16.6 Å². The minimum atomic E-state index is -4.17. The smallest absolute Gasteiger partial charge is 0.407 e. The van der Waals surface area contributed by atoms with Crippen molar-refractivity contribution in [3.8, 4) is 11.5 Å². The molecule has 0 unspecified atom stereocenters. The molecule has 2 aromatic carbocycles. The van der Waals surface area contributed by atoms with Crippen LogP contribution in [0.4, 0.5) is 15.6 Å². The lowest BCUT2D eigenvalue weighted by Crippen LogP contribution is -2.32. The quantitative estimate of drug-likeness (QED) is 0.385. The number of sulfonamides is 1. The molecule has 2 atom stereocenters. The summed E-state index contributed by atoms with van der Waals surface area (Å²) in [7, 11) is -1.13. The second-order valence-electron chi connectivity index (χ2n) is 8.54. The van der Waals surface area contributed by atoms with Crippen molar-refractivity contribution in [2.45, 2.75) is 24.4 Å². The first kappa shape index (κ1) is 26.8. The van der Waals surface area contributed by atoms with Crippen molar-refractivity contribution in [3.05, 3.63) is 58.6 Å². The van der Waals surface area contributed by atoms with Crippen molar-refractivity contribution in [2.75, 3.05) is 36.9 Å². The Bertz CT molecular complexity index is 1370. The second-order valence-corrected chi connectivity index (χ2v) is 11.6. The predicted octanol–water partition coefficient (Wildman–Crippen LogP) is 4.62. The van der Waals surface area contributed by atoms with Crippen LogP contribution in [0.3, 0.4) is 0 Å². The molecule has 10 nitrogen and oxygen atoms in total. The number of rotatable bonds is 9. The predicted molar refractivity (Wildman–Crippen MR) is 143 cm³/mol. The molecule has 0 bridgehead atoms. The minimum Gasteiger partial charge on any atom is -0.497 e. The molecular weight excluding hydrogens is 540 g/mol. The molecule has 4 rings (SSSR count). The summed E-state index contributed by atoms with van der Waals surface area (Å²) >= 11 is 7.85. The summed E-state index contributed by atoms with van der Waals surface area (Å²) < 4.78 is 39.9. The van der Waals surface area contributed by atoms with Crippen LogP contribution in [-0.4, -0.2) is 62.9 Å². The van der Waals surface area contributed by atoms with Crippen molar-refractivity contribution in [2.24, 2.45) is 5.92 Å². The molecule has 0 aliphatic carbocycles. The molecule has 2 heterocycles. The van der Waals surface area contributed by atoms with Gasteiger partial charge in [-0.25, -0.2) is 22.5 Å². The van der Waals surface area contributed by atoms with Gasteiger partial charge in [-0.2, -0.15) is 0 Å². The van der Waals surface area contributed by atoms with Crippen molar-refractivity contribution in [1.29, 1.82) is 0 Å². The number of benzene rings is 2. The standard InChI is InChI=1S/C24H27ClN4O6S2/c1-15-12-28(24(30)31)14-19(15)27-18-5-4-6-21(22(18)25)37(32,33)29(23-26-9-10-36-23)13-16-7-8-17(34-2)11-20(16)35-3/h4-11,15,19,27H,12-14H2,1-3H3,(H,30,31)/t15-,19-/m0/s1. The number of ether oxygens (including phenoxy) is 2. The molecule has 1 aliphatic rings. The van der Waals surface area contributed by atoms with Crippen LogP contribution in [0.2, 0.25) is 5.02 Å². The van der Waals surface area contributed by atoms with Gasteiger partial charge in [-0.1, -0.05) is 24.6 Å². The summed E-state index contributed by atoms with van der Waals surface area (Å²) in [6, 6.07) is 9.65. The van der Waals surface area contributed by atoms with Gasteiger partial charge in [0, 0.05) is 42.3 Å². The van der Waals surface area contributed by atoms with E-state index in [0.29, 0.717) is 29.3 Å². The molecule has 1 amide bonds. The van der Waals surface area contributed by atoms with E-state index in [9.17, 15) is 18.3 Å². The second kappa shape index (κ2) is 11.0. The zero-order valence-corrected chi connectivity index (χ0v) is 22.8. The van der Waals surface area contributed by atoms with Crippen molar-refractivity contribution in [3.63, 3.8) is 0 Å². The van der Waals surface area contributed by atoms with Gasteiger partial charge in [0.05, 0.1) is 31.5 Å². The Morgan fingerprint density at radius 1 is 1.27 bits per heavy atom. The van der Waals surface area contributed by atoms with Crippen LogP contribution in [0.15, 0.2) is 52.9 Å². The fraction of sp³-hybridized carbons (Fsp3) is 0.333. The lowest BCUT2D eigenvalue weighted by molar-refractivity contribution is 0.154. The molecule has 3 aromatic rings. The molecule has 0 spiro atoms. The highest BCUT2D eigenvalue weighted by atomic mass is 35.5. The number of anilines is 2.